The number of nitrogens with zero attached hydrogens (tertiary/aromatic N) is 2. The standard InChI is InChI=1S/C20H32N4O2/c1-5-24(6-2)13-12-21-20(26)17-14-16(10-11-18(17)23(3)4)22-19(25)15-8-7-9-15/h10-11,14-15H,5-9,12-13H2,1-4H3,(H,21,26)(H,22,25). The normalized spacial score (nSPS) is 14.0. The van der Waals surface area contributed by atoms with Crippen molar-refractivity contribution in [3.05, 3.63) is 23.8 Å². The van der Waals surface area contributed by atoms with Gasteiger partial charge in [0.2, 0.25) is 5.91 Å². The summed E-state index contributed by atoms with van der Waals surface area (Å²) in [7, 11) is 3.82. The van der Waals surface area contributed by atoms with Crippen molar-refractivity contribution >= 4 is 23.2 Å². The van der Waals surface area contributed by atoms with Gasteiger partial charge in [-0.3, -0.25) is 9.59 Å². The van der Waals surface area contributed by atoms with Crippen LogP contribution >= 0.6 is 0 Å². The molecule has 0 radical (unpaired) electrons. The summed E-state index contributed by atoms with van der Waals surface area (Å²) in [4.78, 5) is 29.1. The molecule has 1 aromatic carbocycles. The van der Waals surface area contributed by atoms with Gasteiger partial charge in [0.15, 0.2) is 0 Å². The van der Waals surface area contributed by atoms with Gasteiger partial charge in [0.05, 0.1) is 5.56 Å². The van der Waals surface area contributed by atoms with Crippen molar-refractivity contribution in [1.29, 1.82) is 0 Å². The fraction of sp³-hybridized carbons (Fsp3) is 0.600. The Morgan fingerprint density at radius 1 is 1.15 bits per heavy atom. The summed E-state index contributed by atoms with van der Waals surface area (Å²) < 4.78 is 0. The Labute approximate surface area is 156 Å². The first-order valence-electron chi connectivity index (χ1n) is 9.59. The van der Waals surface area contributed by atoms with E-state index in [1.54, 1.807) is 6.07 Å². The van der Waals surface area contributed by atoms with Crippen LogP contribution in [-0.4, -0.2) is 57.0 Å². The van der Waals surface area contributed by atoms with Crippen molar-refractivity contribution in [2.24, 2.45) is 5.92 Å². The number of likely N-dealkylation sites (N-methyl/N-ethyl adjacent to an activating group) is 1. The monoisotopic (exact) mass is 360 g/mol. The molecule has 6 heteroatoms. The van der Waals surface area contributed by atoms with Crippen LogP contribution in [0.4, 0.5) is 11.4 Å². The summed E-state index contributed by atoms with van der Waals surface area (Å²) in [6, 6.07) is 5.52. The molecule has 0 unspecified atom stereocenters. The number of hydrogen-bond donors (Lipinski definition) is 2. The van der Waals surface area contributed by atoms with E-state index in [0.717, 1.165) is 44.6 Å². The highest BCUT2D eigenvalue weighted by Crippen LogP contribution is 2.29. The maximum Gasteiger partial charge on any atom is 0.253 e. The van der Waals surface area contributed by atoms with Crippen LogP contribution in [0.2, 0.25) is 0 Å². The molecule has 1 aromatic rings. The molecular formula is C20H32N4O2. The quantitative estimate of drug-likeness (QED) is 0.710. The molecule has 0 saturated heterocycles. The molecule has 26 heavy (non-hydrogen) atoms. The van der Waals surface area contributed by atoms with Crippen molar-refractivity contribution in [3.8, 4) is 0 Å². The van der Waals surface area contributed by atoms with Gasteiger partial charge in [-0.25, -0.2) is 0 Å². The second kappa shape index (κ2) is 9.57. The first kappa shape index (κ1) is 20.2. The average Bonchev–Trinajstić information content (AvgIpc) is 2.56. The number of amides is 2. The number of hydrogen-bond acceptors (Lipinski definition) is 4. The van der Waals surface area contributed by atoms with Crippen LogP contribution in [0, 0.1) is 5.92 Å². The predicted molar refractivity (Wildman–Crippen MR) is 107 cm³/mol. The van der Waals surface area contributed by atoms with Crippen molar-refractivity contribution in [1.82, 2.24) is 10.2 Å². The highest BCUT2D eigenvalue weighted by molar-refractivity contribution is 6.02. The minimum absolute atomic E-state index is 0.0572. The Kier molecular flexibility index (Phi) is 7.45. The summed E-state index contributed by atoms with van der Waals surface area (Å²) in [5, 5.41) is 5.95. The average molecular weight is 361 g/mol. The molecule has 144 valence electrons. The smallest absolute Gasteiger partial charge is 0.253 e. The number of benzene rings is 1. The Bertz CT molecular complexity index is 622. The maximum atomic E-state index is 12.7. The molecule has 0 heterocycles. The molecule has 0 aromatic heterocycles. The van der Waals surface area contributed by atoms with Crippen LogP contribution in [0.3, 0.4) is 0 Å². The van der Waals surface area contributed by atoms with E-state index >= 15 is 0 Å². The molecule has 2 amide bonds. The summed E-state index contributed by atoms with van der Waals surface area (Å²) in [6.07, 6.45) is 3.04. The topological polar surface area (TPSA) is 64.7 Å². The molecule has 1 fully saturated rings. The highest BCUT2D eigenvalue weighted by atomic mass is 16.2. The molecule has 6 nitrogen and oxygen atoms in total. The lowest BCUT2D eigenvalue weighted by Gasteiger charge is -2.24. The van der Waals surface area contributed by atoms with Gasteiger partial charge in [-0.1, -0.05) is 20.3 Å². The third-order valence-corrected chi connectivity index (χ3v) is 5.07. The highest BCUT2D eigenvalue weighted by Gasteiger charge is 2.25. The van der Waals surface area contributed by atoms with Gasteiger partial charge in [0, 0.05) is 44.5 Å². The van der Waals surface area contributed by atoms with E-state index < -0.39 is 0 Å². The molecule has 1 aliphatic rings. The van der Waals surface area contributed by atoms with E-state index in [9.17, 15) is 9.59 Å². The zero-order valence-electron chi connectivity index (χ0n) is 16.5. The molecule has 2 N–H and O–H groups in total. The van der Waals surface area contributed by atoms with Crippen LogP contribution in [0.5, 0.6) is 0 Å². The van der Waals surface area contributed by atoms with Crippen LogP contribution < -0.4 is 15.5 Å². The van der Waals surface area contributed by atoms with E-state index in [4.69, 9.17) is 0 Å². The summed E-state index contributed by atoms with van der Waals surface area (Å²) in [6.45, 7) is 7.60. The summed E-state index contributed by atoms with van der Waals surface area (Å²) in [5.41, 5.74) is 2.11. The molecule has 1 aliphatic carbocycles. The third-order valence-electron chi connectivity index (χ3n) is 5.07. The van der Waals surface area contributed by atoms with Crippen LogP contribution in [0.25, 0.3) is 0 Å². The second-order valence-electron chi connectivity index (χ2n) is 7.03. The van der Waals surface area contributed by atoms with Crippen molar-refractivity contribution in [2.75, 3.05) is 50.5 Å². The van der Waals surface area contributed by atoms with Crippen LogP contribution in [-0.2, 0) is 4.79 Å². The molecule has 0 aliphatic heterocycles. The minimum atomic E-state index is -0.111. The van der Waals surface area contributed by atoms with Gasteiger partial charge in [-0.15, -0.1) is 0 Å². The Morgan fingerprint density at radius 3 is 2.38 bits per heavy atom. The first-order chi connectivity index (χ1) is 12.5. The second-order valence-corrected chi connectivity index (χ2v) is 7.03. The lowest BCUT2D eigenvalue weighted by atomic mass is 9.85. The van der Waals surface area contributed by atoms with E-state index in [2.05, 4.69) is 29.4 Å². The Balaban J connectivity index is 2.06. The van der Waals surface area contributed by atoms with Crippen LogP contribution in [0.1, 0.15) is 43.5 Å². The van der Waals surface area contributed by atoms with E-state index in [0.29, 0.717) is 17.8 Å². The van der Waals surface area contributed by atoms with E-state index in [1.165, 1.54) is 0 Å². The Morgan fingerprint density at radius 2 is 1.85 bits per heavy atom. The number of rotatable bonds is 9. The fourth-order valence-corrected chi connectivity index (χ4v) is 3.06. The third kappa shape index (κ3) is 5.21. The van der Waals surface area contributed by atoms with Gasteiger partial charge in [-0.2, -0.15) is 0 Å². The van der Waals surface area contributed by atoms with Crippen molar-refractivity contribution in [2.45, 2.75) is 33.1 Å². The molecule has 0 spiro atoms. The zero-order chi connectivity index (χ0) is 19.1. The van der Waals surface area contributed by atoms with Gasteiger partial charge in [-0.05, 0) is 44.1 Å². The van der Waals surface area contributed by atoms with Crippen LogP contribution in [0.15, 0.2) is 18.2 Å². The number of nitrogens with one attached hydrogen (secondary N) is 2. The van der Waals surface area contributed by atoms with E-state index in [1.807, 2.05) is 31.1 Å². The first-order valence-corrected chi connectivity index (χ1v) is 9.59. The summed E-state index contributed by atoms with van der Waals surface area (Å²) in [5.74, 6) is 0.0669. The lowest BCUT2D eigenvalue weighted by Crippen LogP contribution is -2.35. The number of carbonyl (C=O) groups excluding carboxylic acids is 2. The van der Waals surface area contributed by atoms with E-state index in [-0.39, 0.29) is 17.7 Å². The van der Waals surface area contributed by atoms with Gasteiger partial charge >= 0.3 is 0 Å². The lowest BCUT2D eigenvalue weighted by molar-refractivity contribution is -0.122. The fourth-order valence-electron chi connectivity index (χ4n) is 3.06. The summed E-state index contributed by atoms with van der Waals surface area (Å²) >= 11 is 0. The van der Waals surface area contributed by atoms with Gasteiger partial charge in [0.25, 0.3) is 5.91 Å². The predicted octanol–water partition coefficient (Wildman–Crippen LogP) is 2.56. The van der Waals surface area contributed by atoms with Gasteiger partial charge < -0.3 is 20.4 Å². The molecule has 2 rings (SSSR count). The number of carbonyl (C=O) groups is 2. The minimum Gasteiger partial charge on any atom is -0.377 e. The molecule has 0 atom stereocenters. The molecule has 1 saturated carbocycles. The maximum absolute atomic E-state index is 12.7. The largest absolute Gasteiger partial charge is 0.377 e. The van der Waals surface area contributed by atoms with Crippen molar-refractivity contribution in [3.63, 3.8) is 0 Å². The zero-order valence-corrected chi connectivity index (χ0v) is 16.5. The van der Waals surface area contributed by atoms with Crippen molar-refractivity contribution < 1.29 is 9.59 Å². The SMILES string of the molecule is CCN(CC)CCNC(=O)c1cc(NC(=O)C2CCC2)ccc1N(C)C. The Hall–Kier alpha value is -2.08. The molecular weight excluding hydrogens is 328 g/mol. The van der Waals surface area contributed by atoms with Gasteiger partial charge in [0.1, 0.15) is 0 Å². The molecule has 0 bridgehead atoms. The number of anilines is 2.